The second kappa shape index (κ2) is 8.34. The topological polar surface area (TPSA) is 41.6 Å². The number of halogens is 1. The largest absolute Gasteiger partial charge is 0.497 e. The maximum absolute atomic E-state index is 12.5. The number of ether oxygens (including phenoxy) is 1. The average molecular weight is 423 g/mol. The number of rotatable bonds is 8. The fourth-order valence-corrected chi connectivity index (χ4v) is 4.50. The van der Waals surface area contributed by atoms with Gasteiger partial charge >= 0.3 is 0 Å². The van der Waals surface area contributed by atoms with Crippen LogP contribution >= 0.6 is 27.3 Å². The fourth-order valence-electron chi connectivity index (χ4n) is 2.94. The van der Waals surface area contributed by atoms with Crippen LogP contribution in [0.4, 0.5) is 0 Å². The van der Waals surface area contributed by atoms with Crippen LogP contribution in [0.3, 0.4) is 0 Å². The number of hydrogen-bond donors (Lipinski definition) is 1. The van der Waals surface area contributed by atoms with Crippen LogP contribution < -0.4 is 10.1 Å². The number of carbonyl (C=O) groups is 1. The van der Waals surface area contributed by atoms with Crippen LogP contribution in [-0.2, 0) is 11.3 Å². The number of amides is 1. The molecule has 0 saturated heterocycles. The first kappa shape index (κ1) is 18.4. The lowest BCUT2D eigenvalue weighted by Gasteiger charge is -2.21. The molecule has 1 fully saturated rings. The lowest BCUT2D eigenvalue weighted by atomic mass is 10.0. The van der Waals surface area contributed by atoms with E-state index in [0.717, 1.165) is 21.6 Å². The van der Waals surface area contributed by atoms with E-state index in [1.807, 2.05) is 30.1 Å². The molecule has 0 spiro atoms. The highest BCUT2D eigenvalue weighted by Gasteiger charge is 2.33. The lowest BCUT2D eigenvalue weighted by Crippen LogP contribution is -2.37. The Balaban J connectivity index is 1.57. The van der Waals surface area contributed by atoms with Gasteiger partial charge in [-0.05, 0) is 71.6 Å². The van der Waals surface area contributed by atoms with E-state index in [2.05, 4.69) is 39.4 Å². The first-order valence-corrected chi connectivity index (χ1v) is 10.0. The van der Waals surface area contributed by atoms with Crippen molar-refractivity contribution in [2.75, 3.05) is 20.7 Å². The van der Waals surface area contributed by atoms with Crippen molar-refractivity contribution in [3.8, 4) is 5.75 Å². The minimum atomic E-state index is 0.0749. The third-order valence-corrected chi connectivity index (χ3v) is 5.96. The normalized spacial score (nSPS) is 15.2. The molecular weight excluding hydrogens is 400 g/mol. The zero-order valence-electron chi connectivity index (χ0n) is 14.5. The van der Waals surface area contributed by atoms with Gasteiger partial charge < -0.3 is 10.1 Å². The van der Waals surface area contributed by atoms with Gasteiger partial charge in [-0.1, -0.05) is 12.1 Å². The van der Waals surface area contributed by atoms with Crippen molar-refractivity contribution >= 4 is 33.2 Å². The molecule has 1 saturated carbocycles. The zero-order valence-corrected chi connectivity index (χ0v) is 16.9. The van der Waals surface area contributed by atoms with Crippen LogP contribution in [0.15, 0.2) is 40.2 Å². The van der Waals surface area contributed by atoms with Crippen LogP contribution in [-0.4, -0.2) is 31.5 Å². The molecule has 1 aliphatic carbocycles. The van der Waals surface area contributed by atoms with Crippen molar-refractivity contribution in [2.24, 2.45) is 5.92 Å². The van der Waals surface area contributed by atoms with E-state index in [1.54, 1.807) is 18.4 Å². The van der Waals surface area contributed by atoms with Gasteiger partial charge in [-0.25, -0.2) is 0 Å². The maximum atomic E-state index is 12.5. The van der Waals surface area contributed by atoms with Crippen LogP contribution in [0.25, 0.3) is 0 Å². The minimum Gasteiger partial charge on any atom is -0.497 e. The molecule has 1 unspecified atom stereocenters. The summed E-state index contributed by atoms with van der Waals surface area (Å²) < 4.78 is 6.34. The number of methoxy groups -OCH3 is 1. The molecule has 25 heavy (non-hydrogen) atoms. The molecule has 1 amide bonds. The van der Waals surface area contributed by atoms with Gasteiger partial charge in [0.1, 0.15) is 5.75 Å². The Morgan fingerprint density at radius 2 is 2.04 bits per heavy atom. The first-order chi connectivity index (χ1) is 12.0. The van der Waals surface area contributed by atoms with E-state index in [-0.39, 0.29) is 11.9 Å². The van der Waals surface area contributed by atoms with Gasteiger partial charge in [-0.3, -0.25) is 9.69 Å². The molecule has 4 nitrogen and oxygen atoms in total. The Labute approximate surface area is 161 Å². The number of likely N-dealkylation sites (N-methyl/N-ethyl adjacent to an activating group) is 1. The molecule has 0 bridgehead atoms. The van der Waals surface area contributed by atoms with E-state index in [9.17, 15) is 4.79 Å². The average Bonchev–Trinajstić information content (AvgIpc) is 3.35. The number of benzene rings is 1. The zero-order chi connectivity index (χ0) is 17.8. The highest BCUT2D eigenvalue weighted by atomic mass is 79.9. The van der Waals surface area contributed by atoms with Gasteiger partial charge in [-0.2, -0.15) is 0 Å². The number of hydrogen-bond acceptors (Lipinski definition) is 4. The number of nitrogens with one attached hydrogen (secondary N) is 1. The molecule has 134 valence electrons. The Morgan fingerprint density at radius 3 is 2.60 bits per heavy atom. The summed E-state index contributed by atoms with van der Waals surface area (Å²) in [6, 6.07) is 12.2. The molecule has 1 aromatic carbocycles. The Hall–Kier alpha value is -1.37. The number of nitrogens with zero attached hydrogens (tertiary/aromatic N) is 1. The molecule has 1 aliphatic rings. The summed E-state index contributed by atoms with van der Waals surface area (Å²) in [5, 5.41) is 3.23. The van der Waals surface area contributed by atoms with Gasteiger partial charge in [0.2, 0.25) is 5.91 Å². The standard InChI is InChI=1S/C19H23BrN2O2S/c1-22(11-16-9-10-17(20)25-16)12-18(23)21-19(13-3-4-13)14-5-7-15(24-2)8-6-14/h5-10,13,19H,3-4,11-12H2,1-2H3,(H,21,23). The molecular formula is C19H23BrN2O2S. The third kappa shape index (κ3) is 5.30. The van der Waals surface area contributed by atoms with Crippen molar-refractivity contribution in [1.82, 2.24) is 10.2 Å². The summed E-state index contributed by atoms with van der Waals surface area (Å²) in [5.41, 5.74) is 1.15. The smallest absolute Gasteiger partial charge is 0.234 e. The summed E-state index contributed by atoms with van der Waals surface area (Å²) in [7, 11) is 3.64. The SMILES string of the molecule is COc1ccc(C(NC(=O)CN(C)Cc2ccc(Br)s2)C2CC2)cc1. The molecule has 1 N–H and O–H groups in total. The van der Waals surface area contributed by atoms with E-state index in [4.69, 9.17) is 4.74 Å². The quantitative estimate of drug-likeness (QED) is 0.692. The van der Waals surface area contributed by atoms with Gasteiger partial charge in [-0.15, -0.1) is 11.3 Å². The van der Waals surface area contributed by atoms with Crippen molar-refractivity contribution in [1.29, 1.82) is 0 Å². The summed E-state index contributed by atoms with van der Waals surface area (Å²) in [6.07, 6.45) is 2.35. The third-order valence-electron chi connectivity index (χ3n) is 4.35. The second-order valence-corrected chi connectivity index (χ2v) is 9.08. The summed E-state index contributed by atoms with van der Waals surface area (Å²) in [5.74, 6) is 1.47. The monoisotopic (exact) mass is 422 g/mol. The van der Waals surface area contributed by atoms with E-state index in [1.165, 1.54) is 17.7 Å². The number of carbonyl (C=O) groups excluding carboxylic acids is 1. The highest BCUT2D eigenvalue weighted by molar-refractivity contribution is 9.11. The van der Waals surface area contributed by atoms with Crippen LogP contribution in [0, 0.1) is 5.92 Å². The molecule has 1 aromatic heterocycles. The molecule has 0 aliphatic heterocycles. The van der Waals surface area contributed by atoms with Crippen LogP contribution in [0.2, 0.25) is 0 Å². The van der Waals surface area contributed by atoms with Crippen molar-refractivity contribution in [2.45, 2.75) is 25.4 Å². The van der Waals surface area contributed by atoms with E-state index < -0.39 is 0 Å². The van der Waals surface area contributed by atoms with Crippen molar-refractivity contribution in [3.63, 3.8) is 0 Å². The Kier molecular flexibility index (Phi) is 6.15. The fraction of sp³-hybridized carbons (Fsp3) is 0.421. The highest BCUT2D eigenvalue weighted by Crippen LogP contribution is 2.41. The summed E-state index contributed by atoms with van der Waals surface area (Å²) in [6.45, 7) is 1.18. The van der Waals surface area contributed by atoms with Crippen LogP contribution in [0.5, 0.6) is 5.75 Å². The first-order valence-electron chi connectivity index (χ1n) is 8.41. The maximum Gasteiger partial charge on any atom is 0.234 e. The van der Waals surface area contributed by atoms with Gasteiger partial charge in [0.15, 0.2) is 0 Å². The summed E-state index contributed by atoms with van der Waals surface area (Å²) >= 11 is 5.18. The van der Waals surface area contributed by atoms with Gasteiger partial charge in [0, 0.05) is 11.4 Å². The molecule has 3 rings (SSSR count). The van der Waals surface area contributed by atoms with E-state index in [0.29, 0.717) is 12.5 Å². The predicted molar refractivity (Wildman–Crippen MR) is 105 cm³/mol. The molecule has 1 atom stereocenters. The van der Waals surface area contributed by atoms with Gasteiger partial charge in [0.25, 0.3) is 0 Å². The predicted octanol–water partition coefficient (Wildman–Crippen LogP) is 4.22. The second-order valence-electron chi connectivity index (χ2n) is 6.53. The van der Waals surface area contributed by atoms with Crippen molar-refractivity contribution < 1.29 is 9.53 Å². The minimum absolute atomic E-state index is 0.0749. The Bertz CT molecular complexity index is 712. The number of thiophene rings is 1. The van der Waals surface area contributed by atoms with Crippen LogP contribution in [0.1, 0.15) is 29.3 Å². The van der Waals surface area contributed by atoms with Crippen molar-refractivity contribution in [3.05, 3.63) is 50.6 Å². The molecule has 2 aromatic rings. The molecule has 0 radical (unpaired) electrons. The van der Waals surface area contributed by atoms with Gasteiger partial charge in [0.05, 0.1) is 23.5 Å². The Morgan fingerprint density at radius 1 is 1.32 bits per heavy atom. The molecule has 6 heteroatoms. The lowest BCUT2D eigenvalue weighted by molar-refractivity contribution is -0.123. The summed E-state index contributed by atoms with van der Waals surface area (Å²) in [4.78, 5) is 15.8. The van der Waals surface area contributed by atoms with E-state index >= 15 is 0 Å². The molecule has 1 heterocycles.